The molecule has 0 spiro atoms. The summed E-state index contributed by atoms with van der Waals surface area (Å²) < 4.78 is 6.18. The van der Waals surface area contributed by atoms with Gasteiger partial charge in [0.1, 0.15) is 18.0 Å². The third-order valence-electron chi connectivity index (χ3n) is 2.53. The van der Waals surface area contributed by atoms with Crippen molar-refractivity contribution in [2.24, 2.45) is 0 Å². The molecule has 6 nitrogen and oxygen atoms in total. The van der Waals surface area contributed by atoms with Crippen LogP contribution < -0.4 is 5.48 Å². The minimum absolute atomic E-state index is 0.0531. The van der Waals surface area contributed by atoms with Gasteiger partial charge in [-0.15, -0.1) is 0 Å². The van der Waals surface area contributed by atoms with Crippen LogP contribution in [-0.2, 0) is 9.53 Å². The first-order valence-electron chi connectivity index (χ1n) is 5.90. The molecule has 4 N–H and O–H groups in total. The maximum absolute atomic E-state index is 11.0. The number of hydroxylamine groups is 1. The molecule has 2 atom stereocenters. The molecular formula is C13H16INO5. The lowest BCUT2D eigenvalue weighted by atomic mass is 10.0. The van der Waals surface area contributed by atoms with E-state index >= 15 is 0 Å². The highest BCUT2D eigenvalue weighted by Gasteiger charge is 2.22. The zero-order valence-corrected chi connectivity index (χ0v) is 12.9. The number of benzene rings is 1. The zero-order valence-electron chi connectivity index (χ0n) is 10.8. The van der Waals surface area contributed by atoms with E-state index in [9.17, 15) is 15.0 Å². The molecule has 0 saturated heterocycles. The van der Waals surface area contributed by atoms with Crippen molar-refractivity contribution >= 4 is 28.5 Å². The maximum atomic E-state index is 11.0. The second kappa shape index (κ2) is 8.20. The molecule has 0 bridgehead atoms. The van der Waals surface area contributed by atoms with Gasteiger partial charge in [-0.2, -0.15) is 0 Å². The lowest BCUT2D eigenvalue weighted by Gasteiger charge is -2.21. The first-order valence-corrected chi connectivity index (χ1v) is 6.97. The Hall–Kier alpha value is -1.16. The van der Waals surface area contributed by atoms with Gasteiger partial charge in [-0.05, 0) is 53.8 Å². The van der Waals surface area contributed by atoms with Crippen molar-refractivity contribution in [2.45, 2.75) is 19.1 Å². The van der Waals surface area contributed by atoms with Crippen molar-refractivity contribution in [3.63, 3.8) is 0 Å². The van der Waals surface area contributed by atoms with E-state index in [1.807, 2.05) is 0 Å². The Morgan fingerprint density at radius 2 is 2.25 bits per heavy atom. The molecule has 0 heterocycles. The number of halogens is 1. The van der Waals surface area contributed by atoms with Crippen molar-refractivity contribution in [1.82, 2.24) is 5.48 Å². The number of carbonyl (C=O) groups is 1. The van der Waals surface area contributed by atoms with Crippen LogP contribution >= 0.6 is 22.6 Å². The van der Waals surface area contributed by atoms with E-state index in [0.717, 1.165) is 9.65 Å². The van der Waals surface area contributed by atoms with Crippen molar-refractivity contribution in [1.29, 1.82) is 0 Å². The molecule has 1 aromatic rings. The summed E-state index contributed by atoms with van der Waals surface area (Å²) in [5, 5.41) is 28.5. The van der Waals surface area contributed by atoms with Gasteiger partial charge in [-0.3, -0.25) is 10.0 Å². The van der Waals surface area contributed by atoms with E-state index in [4.69, 9.17) is 9.94 Å². The fourth-order valence-electron chi connectivity index (χ4n) is 1.60. The van der Waals surface area contributed by atoms with Gasteiger partial charge in [0, 0.05) is 21.8 Å². The third-order valence-corrected chi connectivity index (χ3v) is 3.20. The van der Waals surface area contributed by atoms with Crippen LogP contribution in [0.15, 0.2) is 30.4 Å². The zero-order chi connectivity index (χ0) is 15.1. The average Bonchev–Trinajstić information content (AvgIpc) is 2.44. The number of hydrogen-bond acceptors (Lipinski definition) is 5. The lowest BCUT2D eigenvalue weighted by Crippen LogP contribution is -2.22. The van der Waals surface area contributed by atoms with Crippen molar-refractivity contribution in [2.75, 3.05) is 6.61 Å². The predicted octanol–water partition coefficient (Wildman–Crippen LogP) is 1.50. The number of amides is 1. The Bertz CT molecular complexity index is 492. The number of nitrogens with one attached hydrogen (secondary N) is 1. The minimum Gasteiger partial charge on any atom is -0.508 e. The number of phenolic OH excluding ortho intramolecular Hbond substituents is 1. The standard InChI is InChI=1S/C13H16INO5/c1-2-20-11(5-6-12(17)15-19)13(18)9-7-8(14)3-4-10(9)16/h3-7,11,13,16,18-19H,2H2,1H3,(H,15,17)/b6-5+/t11-,13-/m1/s1. The second-order valence-electron chi connectivity index (χ2n) is 3.90. The van der Waals surface area contributed by atoms with Gasteiger partial charge in [0.15, 0.2) is 0 Å². The Morgan fingerprint density at radius 1 is 1.55 bits per heavy atom. The van der Waals surface area contributed by atoms with Gasteiger partial charge in [0.2, 0.25) is 0 Å². The first kappa shape index (κ1) is 16.9. The van der Waals surface area contributed by atoms with E-state index < -0.39 is 18.1 Å². The first-order chi connectivity index (χ1) is 9.49. The molecule has 0 aromatic heterocycles. The molecule has 0 unspecified atom stereocenters. The summed E-state index contributed by atoms with van der Waals surface area (Å²) in [6.45, 7) is 2.06. The summed E-state index contributed by atoms with van der Waals surface area (Å²) >= 11 is 2.06. The molecular weight excluding hydrogens is 377 g/mol. The Morgan fingerprint density at radius 3 is 2.85 bits per heavy atom. The monoisotopic (exact) mass is 393 g/mol. The summed E-state index contributed by atoms with van der Waals surface area (Å²) in [7, 11) is 0. The number of ether oxygens (including phenoxy) is 1. The fourth-order valence-corrected chi connectivity index (χ4v) is 2.12. The molecule has 0 aliphatic rings. The molecule has 0 aliphatic carbocycles. The van der Waals surface area contributed by atoms with Gasteiger partial charge in [0.05, 0.1) is 0 Å². The quantitative estimate of drug-likeness (QED) is 0.254. The van der Waals surface area contributed by atoms with Gasteiger partial charge in [-0.1, -0.05) is 0 Å². The molecule has 0 fully saturated rings. The average molecular weight is 393 g/mol. The number of hydrogen-bond donors (Lipinski definition) is 4. The molecule has 1 aromatic carbocycles. The van der Waals surface area contributed by atoms with E-state index in [0.29, 0.717) is 12.2 Å². The highest BCUT2D eigenvalue weighted by Crippen LogP contribution is 2.29. The normalized spacial score (nSPS) is 14.2. The highest BCUT2D eigenvalue weighted by atomic mass is 127. The Kier molecular flexibility index (Phi) is 6.93. The third kappa shape index (κ3) is 4.75. The minimum atomic E-state index is -1.13. The van der Waals surface area contributed by atoms with Crippen LogP contribution in [0.25, 0.3) is 0 Å². The summed E-state index contributed by atoms with van der Waals surface area (Å²) in [5.74, 6) is -0.781. The summed E-state index contributed by atoms with van der Waals surface area (Å²) in [6, 6.07) is 4.82. The van der Waals surface area contributed by atoms with Crippen LogP contribution in [0, 0.1) is 3.57 Å². The van der Waals surface area contributed by atoms with Crippen molar-refractivity contribution in [3.05, 3.63) is 39.5 Å². The number of aliphatic hydroxyl groups excluding tert-OH is 1. The number of aromatic hydroxyl groups is 1. The van der Waals surface area contributed by atoms with Crippen molar-refractivity contribution in [3.8, 4) is 5.75 Å². The number of rotatable bonds is 6. The molecule has 0 saturated carbocycles. The molecule has 0 radical (unpaired) electrons. The highest BCUT2D eigenvalue weighted by molar-refractivity contribution is 14.1. The topological polar surface area (TPSA) is 99.0 Å². The van der Waals surface area contributed by atoms with E-state index in [-0.39, 0.29) is 5.75 Å². The predicted molar refractivity (Wildman–Crippen MR) is 80.3 cm³/mol. The van der Waals surface area contributed by atoms with E-state index in [1.165, 1.54) is 17.6 Å². The van der Waals surface area contributed by atoms with Gasteiger partial charge in [-0.25, -0.2) is 5.48 Å². The fraction of sp³-hybridized carbons (Fsp3) is 0.308. The van der Waals surface area contributed by atoms with Crippen LogP contribution in [-0.4, -0.2) is 34.0 Å². The van der Waals surface area contributed by atoms with Gasteiger partial charge in [0.25, 0.3) is 5.91 Å². The second-order valence-corrected chi connectivity index (χ2v) is 5.15. The number of phenols is 1. The van der Waals surface area contributed by atoms with Gasteiger partial charge < -0.3 is 14.9 Å². The lowest BCUT2D eigenvalue weighted by molar-refractivity contribution is -0.124. The smallest absolute Gasteiger partial charge is 0.267 e. The van der Waals surface area contributed by atoms with E-state index in [2.05, 4.69) is 22.6 Å². The Balaban J connectivity index is 2.98. The van der Waals surface area contributed by atoms with E-state index in [1.54, 1.807) is 19.1 Å². The van der Waals surface area contributed by atoms with Crippen LogP contribution in [0.1, 0.15) is 18.6 Å². The van der Waals surface area contributed by atoms with Crippen LogP contribution in [0.4, 0.5) is 0 Å². The molecule has 20 heavy (non-hydrogen) atoms. The molecule has 7 heteroatoms. The maximum Gasteiger partial charge on any atom is 0.267 e. The number of carbonyl (C=O) groups excluding carboxylic acids is 1. The molecule has 110 valence electrons. The molecule has 1 amide bonds. The molecule has 0 aliphatic heterocycles. The van der Waals surface area contributed by atoms with Gasteiger partial charge >= 0.3 is 0 Å². The Labute approximate surface area is 130 Å². The van der Waals surface area contributed by atoms with Crippen LogP contribution in [0.3, 0.4) is 0 Å². The van der Waals surface area contributed by atoms with Crippen molar-refractivity contribution < 1.29 is 25.0 Å². The molecule has 1 rings (SSSR count). The summed E-state index contributed by atoms with van der Waals surface area (Å²) in [4.78, 5) is 11.0. The summed E-state index contributed by atoms with van der Waals surface area (Å²) in [5.41, 5.74) is 1.76. The summed E-state index contributed by atoms with van der Waals surface area (Å²) in [6.07, 6.45) is 0.418. The SMILES string of the molecule is CCO[C@H](/C=C/C(=O)NO)[C@H](O)c1cc(I)ccc1O. The largest absolute Gasteiger partial charge is 0.508 e. The van der Waals surface area contributed by atoms with Crippen LogP contribution in [0.2, 0.25) is 0 Å². The number of aliphatic hydroxyl groups is 1. The van der Waals surface area contributed by atoms with Crippen LogP contribution in [0.5, 0.6) is 5.75 Å².